The van der Waals surface area contributed by atoms with Crippen LogP contribution in [0.25, 0.3) is 5.57 Å². The Morgan fingerprint density at radius 1 is 0.939 bits per heavy atom. The maximum Gasteiger partial charge on any atom is 0.0945 e. The second-order valence-electron chi connectivity index (χ2n) is 8.81. The van der Waals surface area contributed by atoms with Crippen molar-refractivity contribution < 1.29 is 0 Å². The van der Waals surface area contributed by atoms with Crippen LogP contribution >= 0.6 is 23.2 Å². The normalized spacial score (nSPS) is 15.4. The fourth-order valence-electron chi connectivity index (χ4n) is 5.28. The molecule has 0 amide bonds. The summed E-state index contributed by atoms with van der Waals surface area (Å²) in [6.45, 7) is 1.99. The summed E-state index contributed by atoms with van der Waals surface area (Å²) in [7, 11) is 2.06. The minimum atomic E-state index is 0.0629. The Morgan fingerprint density at radius 3 is 2.55 bits per heavy atom. The molecule has 1 aromatic heterocycles. The van der Waals surface area contributed by atoms with E-state index in [4.69, 9.17) is 23.2 Å². The first-order chi connectivity index (χ1) is 16.1. The molecule has 2 aliphatic rings. The molecule has 2 aliphatic heterocycles. The topological polar surface area (TPSA) is 21.1 Å². The summed E-state index contributed by atoms with van der Waals surface area (Å²) in [5.41, 5.74) is 10.1. The number of aryl methyl sites for hydroxylation is 1. The van der Waals surface area contributed by atoms with Gasteiger partial charge in [-0.1, -0.05) is 59.6 Å². The molecule has 4 aromatic rings. The molecular formula is C28H23Cl2N3. The van der Waals surface area contributed by atoms with Crippen LogP contribution in [0.2, 0.25) is 10.0 Å². The lowest BCUT2D eigenvalue weighted by Crippen LogP contribution is -2.24. The van der Waals surface area contributed by atoms with Crippen LogP contribution in [0.5, 0.6) is 0 Å². The molecule has 6 rings (SSSR count). The van der Waals surface area contributed by atoms with Gasteiger partial charge in [0.1, 0.15) is 0 Å². The quantitative estimate of drug-likeness (QED) is 0.329. The van der Waals surface area contributed by atoms with Crippen molar-refractivity contribution in [2.45, 2.75) is 12.3 Å². The van der Waals surface area contributed by atoms with Gasteiger partial charge in [0.2, 0.25) is 0 Å². The summed E-state index contributed by atoms with van der Waals surface area (Å²) in [6.07, 6.45) is 7.24. The summed E-state index contributed by atoms with van der Waals surface area (Å²) >= 11 is 12.6. The van der Waals surface area contributed by atoms with E-state index in [1.165, 1.54) is 33.5 Å². The summed E-state index contributed by atoms with van der Waals surface area (Å²) in [5, 5.41) is 1.51. The number of hydrogen-bond donors (Lipinski definition) is 0. The molecule has 0 fully saturated rings. The van der Waals surface area contributed by atoms with Crippen molar-refractivity contribution in [3.63, 3.8) is 0 Å². The Kier molecular flexibility index (Phi) is 5.05. The molecule has 0 bridgehead atoms. The van der Waals surface area contributed by atoms with Gasteiger partial charge in [0, 0.05) is 53.3 Å². The number of nitrogens with zero attached hydrogens (tertiary/aromatic N) is 3. The average Bonchev–Trinajstić information content (AvgIpc) is 3.43. The zero-order valence-corrected chi connectivity index (χ0v) is 19.8. The number of benzene rings is 3. The van der Waals surface area contributed by atoms with Gasteiger partial charge in [0.25, 0.3) is 0 Å². The van der Waals surface area contributed by atoms with Crippen LogP contribution in [0.1, 0.15) is 39.4 Å². The standard InChI is InChI=1S/C28H23Cl2N3/c1-32-17-31-16-26(32)27(18-5-7-22(29)8-6-18)21-13-20-9-11-33-12-10-24(25(15-21)28(20)33)19-3-2-4-23(30)14-19/h2-8,10,13-17,27H,9,11-12H2,1H3. The molecule has 0 N–H and O–H groups in total. The van der Waals surface area contributed by atoms with Crippen LogP contribution in [0, 0.1) is 0 Å². The SMILES string of the molecule is Cn1cncc1C(c1ccc(Cl)cc1)c1cc2c3c(c1)C(c1cccc(Cl)c1)=CCN3CC2. The maximum absolute atomic E-state index is 6.36. The lowest BCUT2D eigenvalue weighted by molar-refractivity contribution is 0.792. The van der Waals surface area contributed by atoms with E-state index in [1.54, 1.807) is 0 Å². The van der Waals surface area contributed by atoms with Crippen molar-refractivity contribution >= 4 is 34.5 Å². The molecule has 1 atom stereocenters. The number of imidazole rings is 1. The largest absolute Gasteiger partial charge is 0.367 e. The number of hydrogen-bond acceptors (Lipinski definition) is 2. The molecule has 3 heterocycles. The summed E-state index contributed by atoms with van der Waals surface area (Å²) < 4.78 is 2.11. The highest BCUT2D eigenvalue weighted by molar-refractivity contribution is 6.31. The average molecular weight is 472 g/mol. The molecule has 33 heavy (non-hydrogen) atoms. The predicted molar refractivity (Wildman–Crippen MR) is 136 cm³/mol. The van der Waals surface area contributed by atoms with Gasteiger partial charge in [-0.05, 0) is 64.6 Å². The van der Waals surface area contributed by atoms with Gasteiger partial charge in [0.15, 0.2) is 0 Å². The van der Waals surface area contributed by atoms with E-state index >= 15 is 0 Å². The molecule has 3 nitrogen and oxygen atoms in total. The monoisotopic (exact) mass is 471 g/mol. The Morgan fingerprint density at radius 2 is 1.79 bits per heavy atom. The van der Waals surface area contributed by atoms with Crippen molar-refractivity contribution in [3.05, 3.63) is 123 Å². The molecule has 5 heteroatoms. The molecule has 0 aliphatic carbocycles. The van der Waals surface area contributed by atoms with Crippen molar-refractivity contribution in [2.24, 2.45) is 7.05 Å². The minimum absolute atomic E-state index is 0.0629. The van der Waals surface area contributed by atoms with E-state index < -0.39 is 0 Å². The molecule has 0 saturated carbocycles. The van der Waals surface area contributed by atoms with Crippen molar-refractivity contribution in [3.8, 4) is 0 Å². The first-order valence-corrected chi connectivity index (χ1v) is 11.9. The highest BCUT2D eigenvalue weighted by Gasteiger charge is 2.30. The maximum atomic E-state index is 6.36. The van der Waals surface area contributed by atoms with Gasteiger partial charge in [0.05, 0.1) is 12.2 Å². The summed E-state index contributed by atoms with van der Waals surface area (Å²) in [5.74, 6) is 0.0629. The summed E-state index contributed by atoms with van der Waals surface area (Å²) in [6, 6.07) is 21.1. The van der Waals surface area contributed by atoms with Crippen LogP contribution in [0.15, 0.2) is 79.3 Å². The number of anilines is 1. The predicted octanol–water partition coefficient (Wildman–Crippen LogP) is 6.71. The zero-order chi connectivity index (χ0) is 22.5. The first-order valence-electron chi connectivity index (χ1n) is 11.2. The third-order valence-electron chi connectivity index (χ3n) is 6.81. The van der Waals surface area contributed by atoms with Gasteiger partial charge < -0.3 is 9.47 Å². The second-order valence-corrected chi connectivity index (χ2v) is 9.69. The Bertz CT molecular complexity index is 1380. The van der Waals surface area contributed by atoms with Crippen molar-refractivity contribution in [1.29, 1.82) is 0 Å². The third-order valence-corrected chi connectivity index (χ3v) is 7.29. The highest BCUT2D eigenvalue weighted by atomic mass is 35.5. The third kappa shape index (κ3) is 3.56. The lowest BCUT2D eigenvalue weighted by atomic mass is 9.83. The van der Waals surface area contributed by atoms with Crippen LogP contribution in [0.4, 0.5) is 5.69 Å². The van der Waals surface area contributed by atoms with Crippen LogP contribution in [0.3, 0.4) is 0 Å². The van der Waals surface area contributed by atoms with E-state index in [-0.39, 0.29) is 5.92 Å². The molecule has 0 radical (unpaired) electrons. The van der Waals surface area contributed by atoms with Crippen LogP contribution in [-0.2, 0) is 13.5 Å². The molecule has 0 saturated heterocycles. The lowest BCUT2D eigenvalue weighted by Gasteiger charge is -2.29. The highest BCUT2D eigenvalue weighted by Crippen LogP contribution is 2.45. The fraction of sp³-hybridized carbons (Fsp3) is 0.179. The van der Waals surface area contributed by atoms with E-state index in [2.05, 4.69) is 64.0 Å². The van der Waals surface area contributed by atoms with E-state index in [0.29, 0.717) is 0 Å². The van der Waals surface area contributed by atoms with Gasteiger partial charge in [-0.3, -0.25) is 0 Å². The van der Waals surface area contributed by atoms with Gasteiger partial charge >= 0.3 is 0 Å². The molecule has 1 unspecified atom stereocenters. The Balaban J connectivity index is 1.56. The number of rotatable bonds is 4. The Labute approximate surface area is 203 Å². The first kappa shape index (κ1) is 20.6. The number of halogens is 2. The molecular weight excluding hydrogens is 449 g/mol. The molecule has 164 valence electrons. The van der Waals surface area contributed by atoms with Crippen LogP contribution in [-0.4, -0.2) is 22.6 Å². The van der Waals surface area contributed by atoms with Gasteiger partial charge in [-0.2, -0.15) is 0 Å². The smallest absolute Gasteiger partial charge is 0.0945 e. The van der Waals surface area contributed by atoms with E-state index in [0.717, 1.165) is 40.8 Å². The van der Waals surface area contributed by atoms with Gasteiger partial charge in [-0.15, -0.1) is 0 Å². The molecule has 3 aromatic carbocycles. The van der Waals surface area contributed by atoms with Crippen LogP contribution < -0.4 is 4.90 Å². The van der Waals surface area contributed by atoms with E-state index in [9.17, 15) is 0 Å². The van der Waals surface area contributed by atoms with Crippen molar-refractivity contribution in [1.82, 2.24) is 9.55 Å². The number of aromatic nitrogens is 2. The van der Waals surface area contributed by atoms with E-state index in [1.807, 2.05) is 36.8 Å². The minimum Gasteiger partial charge on any atom is -0.367 e. The van der Waals surface area contributed by atoms with Crippen molar-refractivity contribution in [2.75, 3.05) is 18.0 Å². The van der Waals surface area contributed by atoms with Gasteiger partial charge in [-0.25, -0.2) is 4.98 Å². The fourth-order valence-corrected chi connectivity index (χ4v) is 5.60. The zero-order valence-electron chi connectivity index (χ0n) is 18.3. The Hall–Kier alpha value is -3.01. The summed E-state index contributed by atoms with van der Waals surface area (Å²) in [4.78, 5) is 6.91. The molecule has 0 spiro atoms. The second kappa shape index (κ2) is 8.09.